The Bertz CT molecular complexity index is 1430. The molecular formula is C40H67N5O18. The van der Waals surface area contributed by atoms with Crippen molar-refractivity contribution in [2.45, 2.75) is 128 Å². The van der Waals surface area contributed by atoms with Gasteiger partial charge in [-0.2, -0.15) is 0 Å². The maximum absolute atomic E-state index is 12.2. The van der Waals surface area contributed by atoms with Crippen molar-refractivity contribution >= 4 is 59.2 Å². The lowest BCUT2D eigenvalue weighted by molar-refractivity contribution is -0.144. The van der Waals surface area contributed by atoms with Crippen LogP contribution in [0.15, 0.2) is 0 Å². The Morgan fingerprint density at radius 3 is 1.22 bits per heavy atom. The first-order valence-electron chi connectivity index (χ1n) is 21.1. The van der Waals surface area contributed by atoms with Gasteiger partial charge in [0, 0.05) is 45.2 Å². The lowest BCUT2D eigenvalue weighted by atomic mass is 10.1. The van der Waals surface area contributed by atoms with Crippen molar-refractivity contribution in [3.8, 4) is 0 Å². The van der Waals surface area contributed by atoms with Gasteiger partial charge in [0.15, 0.2) is 0 Å². The number of hydrogen-bond acceptors (Lipinski definition) is 14. The molecule has 0 aliphatic heterocycles. The average molecular weight is 906 g/mol. The molecular weight excluding hydrogens is 838 g/mol. The smallest absolute Gasteiger partial charge is 0.326 e. The van der Waals surface area contributed by atoms with Crippen LogP contribution in [0.5, 0.6) is 0 Å². The zero-order chi connectivity index (χ0) is 47.3. The van der Waals surface area contributed by atoms with Crippen molar-refractivity contribution < 1.29 is 87.3 Å². The van der Waals surface area contributed by atoms with Crippen LogP contribution in [0, 0.1) is 0 Å². The van der Waals surface area contributed by atoms with Gasteiger partial charge in [-0.3, -0.25) is 28.8 Å². The van der Waals surface area contributed by atoms with Crippen molar-refractivity contribution in [1.29, 1.82) is 0 Å². The zero-order valence-corrected chi connectivity index (χ0v) is 36.1. The standard InChI is InChI=1S/C40H67N5O18/c1-28(46)12-13-29(38(54)55)44-34(49)17-15-31(40(58)59)45-36(51)27-63-25-23-61-21-19-42-35(50)26-62-24-22-60-20-18-41-32(47)16-14-30(39(56)57)43-33(48)10-8-6-4-2-3-5-7-9-11-37(52)53/h29-31H,2-27H2,1H3,(H,41,47)(H,42,50)(H,43,48)(H,44,49)(H,45,51)(H,52,53)(H,54,55)(H,56,57)(H,58,59)/t29-,30-,31?/m0/s1. The molecule has 0 spiro atoms. The Morgan fingerprint density at radius 2 is 0.762 bits per heavy atom. The number of aliphatic carboxylic acids is 4. The molecule has 0 saturated carbocycles. The number of nitrogens with one attached hydrogen (secondary N) is 5. The minimum atomic E-state index is -1.44. The van der Waals surface area contributed by atoms with Gasteiger partial charge in [-0.25, -0.2) is 14.4 Å². The number of carboxylic acid groups (broad SMARTS) is 4. The highest BCUT2D eigenvalue weighted by molar-refractivity contribution is 5.87. The third kappa shape index (κ3) is 36.0. The van der Waals surface area contributed by atoms with Crippen LogP contribution in [-0.2, 0) is 66.9 Å². The maximum Gasteiger partial charge on any atom is 0.326 e. The van der Waals surface area contributed by atoms with Crippen LogP contribution in [0.4, 0.5) is 0 Å². The summed E-state index contributed by atoms with van der Waals surface area (Å²) in [6, 6.07) is -3.94. The van der Waals surface area contributed by atoms with E-state index in [2.05, 4.69) is 26.6 Å². The number of ether oxygens (including phenoxy) is 4. The fourth-order valence-corrected chi connectivity index (χ4v) is 5.50. The summed E-state index contributed by atoms with van der Waals surface area (Å²) in [5.74, 6) is -7.74. The summed E-state index contributed by atoms with van der Waals surface area (Å²) in [6.07, 6.45) is 6.17. The highest BCUT2D eigenvalue weighted by Crippen LogP contribution is 2.11. The Balaban J connectivity index is 3.90. The normalized spacial score (nSPS) is 12.3. The largest absolute Gasteiger partial charge is 0.481 e. The lowest BCUT2D eigenvalue weighted by Gasteiger charge is -2.16. The summed E-state index contributed by atoms with van der Waals surface area (Å²) >= 11 is 0. The second-order valence-electron chi connectivity index (χ2n) is 14.4. The van der Waals surface area contributed by atoms with Crippen LogP contribution in [0.2, 0.25) is 0 Å². The van der Waals surface area contributed by atoms with Crippen LogP contribution in [-0.4, -0.2) is 164 Å². The van der Waals surface area contributed by atoms with Crippen molar-refractivity contribution in [1.82, 2.24) is 26.6 Å². The Morgan fingerprint density at radius 1 is 0.397 bits per heavy atom. The molecule has 0 saturated heterocycles. The topological polar surface area (TPSA) is 349 Å². The first-order valence-corrected chi connectivity index (χ1v) is 21.1. The van der Waals surface area contributed by atoms with E-state index in [-0.39, 0.29) is 110 Å². The Hall–Kier alpha value is -5.26. The predicted octanol–water partition coefficient (Wildman–Crippen LogP) is -0.0914. The van der Waals surface area contributed by atoms with Crippen molar-refractivity contribution in [3.05, 3.63) is 0 Å². The van der Waals surface area contributed by atoms with Gasteiger partial charge in [-0.05, 0) is 39.0 Å². The number of ketones is 1. The van der Waals surface area contributed by atoms with Gasteiger partial charge in [0.2, 0.25) is 29.5 Å². The summed E-state index contributed by atoms with van der Waals surface area (Å²) in [7, 11) is 0. The van der Waals surface area contributed by atoms with E-state index >= 15 is 0 Å². The van der Waals surface area contributed by atoms with Crippen molar-refractivity contribution in [2.24, 2.45) is 0 Å². The van der Waals surface area contributed by atoms with Crippen LogP contribution < -0.4 is 26.6 Å². The third-order valence-corrected chi connectivity index (χ3v) is 8.90. The van der Waals surface area contributed by atoms with E-state index in [1.54, 1.807) is 0 Å². The highest BCUT2D eigenvalue weighted by Gasteiger charge is 2.24. The van der Waals surface area contributed by atoms with Gasteiger partial charge in [-0.15, -0.1) is 0 Å². The molecule has 23 nitrogen and oxygen atoms in total. The number of unbranched alkanes of at least 4 members (excludes halogenated alkanes) is 7. The fraction of sp³-hybridized carbons (Fsp3) is 0.750. The molecule has 0 aliphatic carbocycles. The quantitative estimate of drug-likeness (QED) is 0.0361. The number of hydrogen-bond donors (Lipinski definition) is 9. The molecule has 0 radical (unpaired) electrons. The van der Waals surface area contributed by atoms with Crippen molar-refractivity contribution in [3.63, 3.8) is 0 Å². The molecule has 0 aromatic carbocycles. The monoisotopic (exact) mass is 905 g/mol. The van der Waals surface area contributed by atoms with E-state index in [1.807, 2.05) is 0 Å². The van der Waals surface area contributed by atoms with E-state index in [0.717, 1.165) is 38.5 Å². The number of carboxylic acids is 4. The molecule has 0 aromatic heterocycles. The Kier molecular flexibility index (Phi) is 34.2. The van der Waals surface area contributed by atoms with Gasteiger partial charge >= 0.3 is 23.9 Å². The van der Waals surface area contributed by atoms with Crippen LogP contribution in [0.1, 0.15) is 110 Å². The molecule has 0 rings (SSSR count). The van der Waals surface area contributed by atoms with Gasteiger partial charge in [0.05, 0.1) is 39.6 Å². The van der Waals surface area contributed by atoms with Crippen LogP contribution >= 0.6 is 0 Å². The van der Waals surface area contributed by atoms with E-state index in [0.29, 0.717) is 12.8 Å². The van der Waals surface area contributed by atoms with E-state index in [9.17, 15) is 63.3 Å². The third-order valence-electron chi connectivity index (χ3n) is 8.90. The average Bonchev–Trinajstić information content (AvgIpc) is 3.21. The van der Waals surface area contributed by atoms with Crippen LogP contribution in [0.3, 0.4) is 0 Å². The molecule has 0 aliphatic rings. The minimum absolute atomic E-state index is 0.0272. The number of Topliss-reactive ketones (excluding diaryl/α,β-unsaturated/α-hetero) is 1. The summed E-state index contributed by atoms with van der Waals surface area (Å²) in [6.45, 7) is 1.36. The molecule has 0 bridgehead atoms. The fourth-order valence-electron chi connectivity index (χ4n) is 5.50. The maximum atomic E-state index is 12.2. The molecule has 63 heavy (non-hydrogen) atoms. The SMILES string of the molecule is CC(=O)CC[C@H](NC(=O)CCC(NC(=O)COCCOCCNC(=O)COCCOCCNC(=O)CC[C@H](NC(=O)CCCCCCCCCCC(=O)O)C(=O)O)C(=O)O)C(=O)O. The molecule has 3 atom stereocenters. The second kappa shape index (κ2) is 37.3. The van der Waals surface area contributed by atoms with Gasteiger partial charge in [0.1, 0.15) is 37.1 Å². The predicted molar refractivity (Wildman–Crippen MR) is 220 cm³/mol. The molecule has 0 aromatic rings. The molecule has 360 valence electrons. The molecule has 9 N–H and O–H groups in total. The van der Waals surface area contributed by atoms with Gasteiger partial charge < -0.3 is 70.8 Å². The number of rotatable bonds is 42. The van der Waals surface area contributed by atoms with Gasteiger partial charge in [0.25, 0.3) is 0 Å². The van der Waals surface area contributed by atoms with E-state index < -0.39 is 84.6 Å². The zero-order valence-electron chi connectivity index (χ0n) is 36.1. The van der Waals surface area contributed by atoms with Crippen LogP contribution in [0.25, 0.3) is 0 Å². The summed E-state index contributed by atoms with van der Waals surface area (Å²) in [4.78, 5) is 117. The molecule has 1 unspecified atom stereocenters. The van der Waals surface area contributed by atoms with Gasteiger partial charge in [-0.1, -0.05) is 38.5 Å². The molecule has 5 amide bonds. The summed E-state index contributed by atoms with van der Waals surface area (Å²) in [5, 5.41) is 48.8. The summed E-state index contributed by atoms with van der Waals surface area (Å²) in [5.41, 5.74) is 0. The van der Waals surface area contributed by atoms with E-state index in [1.165, 1.54) is 6.92 Å². The van der Waals surface area contributed by atoms with E-state index in [4.69, 9.17) is 24.1 Å². The lowest BCUT2D eigenvalue weighted by Crippen LogP contribution is -2.45. The second-order valence-corrected chi connectivity index (χ2v) is 14.4. The van der Waals surface area contributed by atoms with Crippen molar-refractivity contribution in [2.75, 3.05) is 65.9 Å². The molecule has 23 heteroatoms. The Labute approximate surface area is 366 Å². The number of carbonyl (C=O) groups excluding carboxylic acids is 6. The highest BCUT2D eigenvalue weighted by atomic mass is 16.5. The molecule has 0 heterocycles. The first-order chi connectivity index (χ1) is 30.0. The first kappa shape index (κ1) is 57.7. The number of amides is 5. The molecule has 0 fully saturated rings. The number of carbonyl (C=O) groups is 10. The summed E-state index contributed by atoms with van der Waals surface area (Å²) < 4.78 is 21.0. The minimum Gasteiger partial charge on any atom is -0.481 e.